The van der Waals surface area contributed by atoms with Crippen LogP contribution < -0.4 is 16.6 Å². The fourth-order valence-corrected chi connectivity index (χ4v) is 2.33. The minimum Gasteiger partial charge on any atom is -0.396 e. The number of carbonyl (C=O) groups excluding carboxylic acids is 1. The van der Waals surface area contributed by atoms with Gasteiger partial charge in [0.15, 0.2) is 0 Å². The van der Waals surface area contributed by atoms with E-state index in [1.54, 1.807) is 19.2 Å². The molecule has 1 aliphatic rings. The van der Waals surface area contributed by atoms with Gasteiger partial charge in [0.1, 0.15) is 0 Å². The highest BCUT2D eigenvalue weighted by atomic mass is 32.1. The number of non-ortho nitro benzene ring substituents is 1. The fraction of sp³-hybridized carbons (Fsp3) is 0.385. The molecule has 0 bridgehead atoms. The molecular weight excluding hydrogens is 292 g/mol. The van der Waals surface area contributed by atoms with E-state index in [1.807, 2.05) is 0 Å². The molecule has 21 heavy (non-hydrogen) atoms. The van der Waals surface area contributed by atoms with Crippen LogP contribution >= 0.6 is 12.2 Å². The van der Waals surface area contributed by atoms with Crippen LogP contribution in [0.2, 0.25) is 0 Å². The smallest absolute Gasteiger partial charge is 0.269 e. The molecule has 1 aromatic carbocycles. The summed E-state index contributed by atoms with van der Waals surface area (Å²) in [6.07, 6.45) is 2.41. The van der Waals surface area contributed by atoms with Gasteiger partial charge in [-0.15, -0.1) is 0 Å². The van der Waals surface area contributed by atoms with Gasteiger partial charge in [-0.1, -0.05) is 30.8 Å². The SMILES string of the molecule is CNNC(=O)C1(c2cccc([N+](=O)[O-])c2)CCC1.NC=S. The van der Waals surface area contributed by atoms with E-state index in [1.165, 1.54) is 12.1 Å². The molecule has 0 saturated heterocycles. The van der Waals surface area contributed by atoms with Crippen molar-refractivity contribution in [3.05, 3.63) is 39.9 Å². The Balaban J connectivity index is 0.000000677. The Hall–Kier alpha value is -2.06. The number of rotatable bonds is 4. The molecule has 1 aromatic rings. The third-order valence-electron chi connectivity index (χ3n) is 3.49. The maximum Gasteiger partial charge on any atom is 0.269 e. The van der Waals surface area contributed by atoms with Crippen molar-refractivity contribution >= 4 is 29.3 Å². The molecule has 0 aliphatic heterocycles. The van der Waals surface area contributed by atoms with Crippen molar-refractivity contribution in [1.29, 1.82) is 0 Å². The number of nitro benzene ring substituents is 1. The second kappa shape index (κ2) is 7.65. The van der Waals surface area contributed by atoms with Gasteiger partial charge in [0.05, 0.1) is 15.8 Å². The zero-order valence-electron chi connectivity index (χ0n) is 11.7. The Kier molecular flexibility index (Phi) is 6.19. The van der Waals surface area contributed by atoms with Crippen molar-refractivity contribution in [2.45, 2.75) is 24.7 Å². The van der Waals surface area contributed by atoms with Gasteiger partial charge in [0.25, 0.3) is 5.69 Å². The Bertz CT molecular complexity index is 532. The van der Waals surface area contributed by atoms with E-state index in [4.69, 9.17) is 0 Å². The van der Waals surface area contributed by atoms with Crippen molar-refractivity contribution in [3.8, 4) is 0 Å². The molecule has 4 N–H and O–H groups in total. The second-order valence-electron chi connectivity index (χ2n) is 4.58. The minimum atomic E-state index is -0.616. The van der Waals surface area contributed by atoms with Gasteiger partial charge >= 0.3 is 0 Å². The molecule has 1 amide bonds. The minimum absolute atomic E-state index is 0.0241. The van der Waals surface area contributed by atoms with E-state index < -0.39 is 10.3 Å². The van der Waals surface area contributed by atoms with Crippen molar-refractivity contribution < 1.29 is 9.72 Å². The Morgan fingerprint density at radius 1 is 1.52 bits per heavy atom. The first-order valence-corrected chi connectivity index (χ1v) is 6.86. The van der Waals surface area contributed by atoms with Crippen LogP contribution in [0.25, 0.3) is 0 Å². The summed E-state index contributed by atoms with van der Waals surface area (Å²) >= 11 is 4.05. The molecule has 0 heterocycles. The van der Waals surface area contributed by atoms with Crippen molar-refractivity contribution in [3.63, 3.8) is 0 Å². The summed E-state index contributed by atoms with van der Waals surface area (Å²) in [5.74, 6) is -0.128. The molecule has 0 aromatic heterocycles. The average Bonchev–Trinajstić information content (AvgIpc) is 2.39. The highest BCUT2D eigenvalue weighted by molar-refractivity contribution is 7.78. The maximum absolute atomic E-state index is 12.1. The number of nitrogens with one attached hydrogen (secondary N) is 2. The zero-order valence-corrected chi connectivity index (χ0v) is 12.5. The van der Waals surface area contributed by atoms with E-state index in [0.717, 1.165) is 30.3 Å². The monoisotopic (exact) mass is 310 g/mol. The first-order chi connectivity index (χ1) is 10.0. The van der Waals surface area contributed by atoms with E-state index in [0.29, 0.717) is 0 Å². The number of thiocarbonyl (C=S) groups is 1. The van der Waals surface area contributed by atoms with E-state index >= 15 is 0 Å². The van der Waals surface area contributed by atoms with Crippen LogP contribution in [-0.4, -0.2) is 23.4 Å². The lowest BCUT2D eigenvalue weighted by Gasteiger charge is -2.40. The largest absolute Gasteiger partial charge is 0.396 e. The van der Waals surface area contributed by atoms with Gasteiger partial charge in [-0.2, -0.15) is 0 Å². The molecule has 8 heteroatoms. The highest BCUT2D eigenvalue weighted by Crippen LogP contribution is 2.44. The van der Waals surface area contributed by atoms with Crippen molar-refractivity contribution in [1.82, 2.24) is 10.9 Å². The van der Waals surface area contributed by atoms with Gasteiger partial charge in [-0.25, -0.2) is 5.43 Å². The normalized spacial score (nSPS) is 14.9. The zero-order chi connectivity index (χ0) is 15.9. The number of hydrogen-bond donors (Lipinski definition) is 3. The summed E-state index contributed by atoms with van der Waals surface area (Å²) in [5, 5.41) is 10.8. The average molecular weight is 310 g/mol. The van der Waals surface area contributed by atoms with E-state index in [9.17, 15) is 14.9 Å². The predicted molar refractivity (Wildman–Crippen MR) is 83.7 cm³/mol. The number of hydrogen-bond acceptors (Lipinski definition) is 5. The van der Waals surface area contributed by atoms with Crippen LogP contribution in [0.3, 0.4) is 0 Å². The summed E-state index contributed by atoms with van der Waals surface area (Å²) in [4.78, 5) is 22.4. The summed E-state index contributed by atoms with van der Waals surface area (Å²) in [5.41, 5.74) is 10.9. The second-order valence-corrected chi connectivity index (χ2v) is 4.86. The van der Waals surface area contributed by atoms with Gasteiger partial charge in [-0.05, 0) is 18.4 Å². The number of nitrogens with two attached hydrogens (primary N) is 1. The lowest BCUT2D eigenvalue weighted by molar-refractivity contribution is -0.385. The Morgan fingerprint density at radius 3 is 2.57 bits per heavy atom. The quantitative estimate of drug-likeness (QED) is 0.437. The predicted octanol–water partition coefficient (Wildman–Crippen LogP) is 1.17. The highest BCUT2D eigenvalue weighted by Gasteiger charge is 2.46. The van der Waals surface area contributed by atoms with Crippen LogP contribution in [0.4, 0.5) is 5.69 Å². The molecule has 0 radical (unpaired) electrons. The maximum atomic E-state index is 12.1. The summed E-state index contributed by atoms with van der Waals surface area (Å²) in [7, 11) is 1.62. The van der Waals surface area contributed by atoms with E-state index in [2.05, 4.69) is 28.8 Å². The fourth-order valence-electron chi connectivity index (χ4n) is 2.33. The van der Waals surface area contributed by atoms with Crippen LogP contribution in [0.15, 0.2) is 24.3 Å². The number of nitrogens with zero attached hydrogens (tertiary/aromatic N) is 1. The van der Waals surface area contributed by atoms with Gasteiger partial charge in [0, 0.05) is 19.2 Å². The summed E-state index contributed by atoms with van der Waals surface area (Å²) in [6.45, 7) is 0. The number of amides is 1. The lowest BCUT2D eigenvalue weighted by Crippen LogP contribution is -2.52. The molecule has 1 aliphatic carbocycles. The third kappa shape index (κ3) is 3.73. The number of hydrazine groups is 1. The molecule has 114 valence electrons. The Labute approximate surface area is 128 Å². The molecule has 0 spiro atoms. The van der Waals surface area contributed by atoms with Crippen LogP contribution in [0.5, 0.6) is 0 Å². The topological polar surface area (TPSA) is 110 Å². The number of benzene rings is 1. The molecular formula is C13H18N4O3S. The first kappa shape index (κ1) is 17.0. The summed E-state index contributed by atoms with van der Waals surface area (Å²) in [6, 6.07) is 6.34. The van der Waals surface area contributed by atoms with Crippen LogP contribution in [0.1, 0.15) is 24.8 Å². The van der Waals surface area contributed by atoms with Crippen LogP contribution in [0, 0.1) is 10.1 Å². The van der Waals surface area contributed by atoms with Gasteiger partial charge in [0.2, 0.25) is 5.91 Å². The summed E-state index contributed by atoms with van der Waals surface area (Å²) < 4.78 is 0. The molecule has 7 nitrogen and oxygen atoms in total. The first-order valence-electron chi connectivity index (χ1n) is 6.39. The lowest BCUT2D eigenvalue weighted by atomic mass is 9.64. The number of carbonyl (C=O) groups is 1. The van der Waals surface area contributed by atoms with E-state index in [-0.39, 0.29) is 11.6 Å². The molecule has 0 unspecified atom stereocenters. The van der Waals surface area contributed by atoms with Gasteiger partial charge < -0.3 is 5.73 Å². The van der Waals surface area contributed by atoms with Crippen molar-refractivity contribution in [2.75, 3.05) is 7.05 Å². The molecule has 1 fully saturated rings. The molecule has 2 rings (SSSR count). The molecule has 1 saturated carbocycles. The Morgan fingerprint density at radius 2 is 2.14 bits per heavy atom. The third-order valence-corrected chi connectivity index (χ3v) is 3.49. The number of nitro groups is 1. The molecule has 0 atom stereocenters. The van der Waals surface area contributed by atoms with Crippen molar-refractivity contribution in [2.24, 2.45) is 5.73 Å². The van der Waals surface area contributed by atoms with Crippen LogP contribution in [-0.2, 0) is 10.2 Å². The van der Waals surface area contributed by atoms with Gasteiger partial charge in [-0.3, -0.25) is 20.3 Å². The standard InChI is InChI=1S/C12H15N3O3.CH3NS/c1-13-14-11(16)12(6-3-7-12)9-4-2-5-10(8-9)15(17)18;2-1-3/h2,4-5,8,13H,3,6-7H2,1H3,(H,14,16);1H,(H2,2,3).